The summed E-state index contributed by atoms with van der Waals surface area (Å²) in [6, 6.07) is 7.36. The highest BCUT2D eigenvalue weighted by atomic mass is 32.2. The van der Waals surface area contributed by atoms with Crippen LogP contribution in [0.5, 0.6) is 0 Å². The fourth-order valence-corrected chi connectivity index (χ4v) is 1.87. The Balaban J connectivity index is 2.48. The molecule has 0 unspecified atom stereocenters. The molecule has 0 aromatic heterocycles. The van der Waals surface area contributed by atoms with Gasteiger partial charge in [-0.1, -0.05) is 24.3 Å². The number of hydrogen-bond acceptors (Lipinski definition) is 5. The van der Waals surface area contributed by atoms with Crippen LogP contribution in [0.15, 0.2) is 24.3 Å². The maximum atomic E-state index is 11.0. The highest BCUT2D eigenvalue weighted by Crippen LogP contribution is 2.05. The summed E-state index contributed by atoms with van der Waals surface area (Å²) in [6.07, 6.45) is 1.42. The maximum absolute atomic E-state index is 11.0. The minimum atomic E-state index is -2.99. The van der Waals surface area contributed by atoms with E-state index in [9.17, 15) is 13.2 Å². The van der Waals surface area contributed by atoms with Crippen molar-refractivity contribution in [2.45, 2.75) is 13.0 Å². The molecule has 1 aromatic carbocycles. The molecular weight excluding hydrogens is 254 g/mol. The number of ether oxygens (including phenoxy) is 1. The van der Waals surface area contributed by atoms with E-state index in [4.69, 9.17) is 0 Å². The number of esters is 1. The van der Waals surface area contributed by atoms with E-state index in [1.807, 2.05) is 24.3 Å². The molecule has 5 nitrogen and oxygen atoms in total. The van der Waals surface area contributed by atoms with E-state index in [1.54, 1.807) is 0 Å². The third-order valence-electron chi connectivity index (χ3n) is 2.29. The van der Waals surface area contributed by atoms with Crippen LogP contribution in [0.3, 0.4) is 0 Å². The van der Waals surface area contributed by atoms with Gasteiger partial charge in [0.2, 0.25) is 0 Å². The molecule has 1 aromatic rings. The Kier molecular flexibility index (Phi) is 5.30. The first-order valence-electron chi connectivity index (χ1n) is 5.44. The molecule has 0 bridgehead atoms. The van der Waals surface area contributed by atoms with Gasteiger partial charge in [0.05, 0.1) is 19.4 Å². The number of nitrogens with one attached hydrogen (secondary N) is 1. The van der Waals surface area contributed by atoms with Crippen molar-refractivity contribution in [1.82, 2.24) is 5.32 Å². The zero-order valence-electron chi connectivity index (χ0n) is 10.5. The van der Waals surface area contributed by atoms with Gasteiger partial charge in [-0.15, -0.1) is 0 Å². The SMILES string of the molecule is COC(=O)Cc1ccc(CNCS(C)(=O)=O)cc1. The average Bonchev–Trinajstić information content (AvgIpc) is 2.29. The number of sulfone groups is 1. The Bertz CT molecular complexity index is 493. The lowest BCUT2D eigenvalue weighted by Crippen LogP contribution is -2.21. The standard InChI is InChI=1S/C12H17NO4S/c1-17-12(14)7-10-3-5-11(6-4-10)8-13-9-18(2,15)16/h3-6,13H,7-9H2,1-2H3. The third-order valence-corrected chi connectivity index (χ3v) is 3.02. The maximum Gasteiger partial charge on any atom is 0.309 e. The molecule has 0 spiro atoms. The molecule has 0 fully saturated rings. The van der Waals surface area contributed by atoms with Crippen molar-refractivity contribution in [1.29, 1.82) is 0 Å². The van der Waals surface area contributed by atoms with Crippen LogP contribution in [0, 0.1) is 0 Å². The van der Waals surface area contributed by atoms with Crippen molar-refractivity contribution in [3.05, 3.63) is 35.4 Å². The summed E-state index contributed by atoms with van der Waals surface area (Å²) in [5.74, 6) is -0.324. The van der Waals surface area contributed by atoms with Gasteiger partial charge in [-0.2, -0.15) is 0 Å². The first-order valence-corrected chi connectivity index (χ1v) is 7.50. The minimum Gasteiger partial charge on any atom is -0.469 e. The van der Waals surface area contributed by atoms with E-state index in [-0.39, 0.29) is 18.3 Å². The normalized spacial score (nSPS) is 11.2. The van der Waals surface area contributed by atoms with Gasteiger partial charge in [-0.3, -0.25) is 10.1 Å². The summed E-state index contributed by atoms with van der Waals surface area (Å²) in [5.41, 5.74) is 1.83. The number of benzene rings is 1. The Morgan fingerprint density at radius 3 is 2.28 bits per heavy atom. The molecule has 18 heavy (non-hydrogen) atoms. The van der Waals surface area contributed by atoms with Crippen molar-refractivity contribution < 1.29 is 17.9 Å². The lowest BCUT2D eigenvalue weighted by atomic mass is 10.1. The Labute approximate surface area is 107 Å². The summed E-state index contributed by atoms with van der Waals surface area (Å²) in [5, 5.41) is 2.83. The van der Waals surface area contributed by atoms with Crippen LogP contribution in [0.4, 0.5) is 0 Å². The molecule has 0 radical (unpaired) electrons. The van der Waals surface area contributed by atoms with Gasteiger partial charge in [0.1, 0.15) is 0 Å². The van der Waals surface area contributed by atoms with Gasteiger partial charge < -0.3 is 4.74 Å². The monoisotopic (exact) mass is 271 g/mol. The first-order chi connectivity index (χ1) is 8.40. The second kappa shape index (κ2) is 6.51. The molecule has 1 N–H and O–H groups in total. The summed E-state index contributed by atoms with van der Waals surface area (Å²) in [7, 11) is -1.64. The molecule has 0 amide bonds. The lowest BCUT2D eigenvalue weighted by molar-refractivity contribution is -0.139. The zero-order chi connectivity index (χ0) is 13.6. The number of methoxy groups -OCH3 is 1. The van der Waals surface area contributed by atoms with Crippen molar-refractivity contribution in [2.24, 2.45) is 0 Å². The molecule has 0 heterocycles. The highest BCUT2D eigenvalue weighted by molar-refractivity contribution is 7.90. The van der Waals surface area contributed by atoms with Crippen LogP contribution >= 0.6 is 0 Å². The summed E-state index contributed by atoms with van der Waals surface area (Å²) in [4.78, 5) is 11.0. The van der Waals surface area contributed by atoms with Gasteiger partial charge in [0.15, 0.2) is 9.84 Å². The van der Waals surface area contributed by atoms with Crippen LogP contribution in [-0.2, 0) is 32.3 Å². The smallest absolute Gasteiger partial charge is 0.309 e. The molecular formula is C12H17NO4S. The molecule has 0 aliphatic rings. The van der Waals surface area contributed by atoms with E-state index in [2.05, 4.69) is 10.1 Å². The lowest BCUT2D eigenvalue weighted by Gasteiger charge is -2.05. The third kappa shape index (κ3) is 5.79. The molecule has 1 rings (SSSR count). The number of hydrogen-bond donors (Lipinski definition) is 1. The predicted octanol–water partition coefficient (Wildman–Crippen LogP) is 0.494. The van der Waals surface area contributed by atoms with Gasteiger partial charge in [0, 0.05) is 12.8 Å². The van der Waals surface area contributed by atoms with Crippen molar-refractivity contribution in [2.75, 3.05) is 19.2 Å². The van der Waals surface area contributed by atoms with Crippen molar-refractivity contribution in [3.63, 3.8) is 0 Å². The second-order valence-electron chi connectivity index (χ2n) is 4.07. The number of rotatable bonds is 6. The fourth-order valence-electron chi connectivity index (χ4n) is 1.39. The average molecular weight is 271 g/mol. The highest BCUT2D eigenvalue weighted by Gasteiger charge is 2.03. The molecule has 0 saturated carbocycles. The van der Waals surface area contributed by atoms with Crippen LogP contribution in [-0.4, -0.2) is 33.6 Å². The number of carbonyl (C=O) groups excluding carboxylic acids is 1. The van der Waals surface area contributed by atoms with Gasteiger partial charge in [-0.05, 0) is 11.1 Å². The van der Waals surface area contributed by atoms with Crippen LogP contribution in [0.25, 0.3) is 0 Å². The quantitative estimate of drug-likeness (QED) is 0.763. The molecule has 0 atom stereocenters. The summed E-state index contributed by atoms with van der Waals surface area (Å²) >= 11 is 0. The zero-order valence-corrected chi connectivity index (χ0v) is 11.3. The van der Waals surface area contributed by atoms with E-state index in [0.717, 1.165) is 11.1 Å². The van der Waals surface area contributed by atoms with E-state index in [1.165, 1.54) is 13.4 Å². The molecule has 0 aliphatic carbocycles. The van der Waals surface area contributed by atoms with Gasteiger partial charge in [0.25, 0.3) is 0 Å². The van der Waals surface area contributed by atoms with Crippen LogP contribution < -0.4 is 5.32 Å². The van der Waals surface area contributed by atoms with Gasteiger partial charge in [-0.25, -0.2) is 8.42 Å². The van der Waals surface area contributed by atoms with Crippen LogP contribution in [0.1, 0.15) is 11.1 Å². The second-order valence-corrected chi connectivity index (χ2v) is 6.21. The van der Waals surface area contributed by atoms with E-state index in [0.29, 0.717) is 6.54 Å². The summed E-state index contributed by atoms with van der Waals surface area (Å²) < 4.78 is 26.4. The topological polar surface area (TPSA) is 72.5 Å². The van der Waals surface area contributed by atoms with Gasteiger partial charge >= 0.3 is 5.97 Å². The fraction of sp³-hybridized carbons (Fsp3) is 0.417. The Hall–Kier alpha value is -1.40. The van der Waals surface area contributed by atoms with E-state index < -0.39 is 9.84 Å². The van der Waals surface area contributed by atoms with Crippen molar-refractivity contribution >= 4 is 15.8 Å². The predicted molar refractivity (Wildman–Crippen MR) is 68.7 cm³/mol. The molecule has 6 heteroatoms. The van der Waals surface area contributed by atoms with E-state index >= 15 is 0 Å². The largest absolute Gasteiger partial charge is 0.469 e. The molecule has 0 saturated heterocycles. The Morgan fingerprint density at radius 1 is 1.22 bits per heavy atom. The number of carbonyl (C=O) groups is 1. The van der Waals surface area contributed by atoms with Crippen molar-refractivity contribution in [3.8, 4) is 0 Å². The Morgan fingerprint density at radius 2 is 1.78 bits per heavy atom. The summed E-state index contributed by atoms with van der Waals surface area (Å²) in [6.45, 7) is 0.478. The molecule has 0 aliphatic heterocycles. The first kappa shape index (κ1) is 14.7. The minimum absolute atomic E-state index is 0.0447. The molecule has 100 valence electrons. The van der Waals surface area contributed by atoms with Crippen LogP contribution in [0.2, 0.25) is 0 Å².